The monoisotopic (exact) mass is 543 g/mol. The number of benzene rings is 2. The fraction of sp³-hybridized carbons (Fsp3) is 0.400. The molecule has 7 rings (SSSR count). The molecule has 2 aliphatic heterocycles. The van der Waals surface area contributed by atoms with Crippen molar-refractivity contribution in [2.45, 2.75) is 76.5 Å². The van der Waals surface area contributed by atoms with Gasteiger partial charge in [0.05, 0.1) is 15.8 Å². The number of esters is 1. The molecule has 0 spiro atoms. The minimum atomic E-state index is -0.930. The molecule has 1 aliphatic carbocycles. The number of aryl methyl sites for hydroxylation is 2. The highest BCUT2D eigenvalue weighted by Crippen LogP contribution is 2.46. The van der Waals surface area contributed by atoms with Crippen LogP contribution in [0.4, 0.5) is 5.13 Å². The Balaban J connectivity index is 1.13. The van der Waals surface area contributed by atoms with Crippen molar-refractivity contribution in [1.29, 1.82) is 0 Å². The number of hydrogen-bond acceptors (Lipinski definition) is 8. The average Bonchev–Trinajstić information content (AvgIpc) is 3.40. The Morgan fingerprint density at radius 1 is 1.05 bits per heavy atom. The lowest BCUT2D eigenvalue weighted by atomic mass is 9.99. The molecule has 200 valence electrons. The molecule has 3 aliphatic rings. The Morgan fingerprint density at radius 2 is 1.79 bits per heavy atom. The summed E-state index contributed by atoms with van der Waals surface area (Å²) in [6, 6.07) is 11.7. The fourth-order valence-electron chi connectivity index (χ4n) is 6.31. The van der Waals surface area contributed by atoms with Gasteiger partial charge in [-0.05, 0) is 62.8 Å². The summed E-state index contributed by atoms with van der Waals surface area (Å²) in [5.41, 5.74) is 5.00. The number of fused-ring (bicyclic) bond motifs is 3. The summed E-state index contributed by atoms with van der Waals surface area (Å²) in [5, 5.41) is 14.7. The Morgan fingerprint density at radius 3 is 2.49 bits per heavy atom. The molecule has 0 unspecified atom stereocenters. The van der Waals surface area contributed by atoms with E-state index in [-0.39, 0.29) is 35.6 Å². The Bertz CT molecular complexity index is 1610. The van der Waals surface area contributed by atoms with Crippen molar-refractivity contribution in [1.82, 2.24) is 10.1 Å². The number of aromatic nitrogens is 2. The number of hydrogen-bond donors (Lipinski definition) is 1. The highest BCUT2D eigenvalue weighted by atomic mass is 32.1. The molecule has 8 nitrogen and oxygen atoms in total. The third-order valence-corrected chi connectivity index (χ3v) is 9.39. The molecular formula is C30H29N3O5S. The quantitative estimate of drug-likeness (QED) is 0.275. The summed E-state index contributed by atoms with van der Waals surface area (Å²) >= 11 is 1.55. The third kappa shape index (κ3) is 4.19. The number of thiazole rings is 1. The highest BCUT2D eigenvalue weighted by Gasteiger charge is 2.44. The maximum atomic E-state index is 13.7. The lowest BCUT2D eigenvalue weighted by molar-refractivity contribution is 0.0202. The molecule has 0 radical (unpaired) electrons. The minimum Gasteiger partial charge on any atom is -0.478 e. The van der Waals surface area contributed by atoms with Crippen LogP contribution in [0.3, 0.4) is 0 Å². The molecule has 1 N–H and O–H groups in total. The van der Waals surface area contributed by atoms with Gasteiger partial charge in [-0.1, -0.05) is 40.8 Å². The van der Waals surface area contributed by atoms with Crippen molar-refractivity contribution in [3.8, 4) is 11.3 Å². The van der Waals surface area contributed by atoms with E-state index >= 15 is 0 Å². The van der Waals surface area contributed by atoms with Gasteiger partial charge in [0.25, 0.3) is 0 Å². The van der Waals surface area contributed by atoms with Gasteiger partial charge in [0.15, 0.2) is 10.9 Å². The van der Waals surface area contributed by atoms with Crippen LogP contribution in [0.1, 0.15) is 82.0 Å². The summed E-state index contributed by atoms with van der Waals surface area (Å²) in [4.78, 5) is 32.5. The lowest BCUT2D eigenvalue weighted by Gasteiger charge is -2.38. The predicted molar refractivity (Wildman–Crippen MR) is 148 cm³/mol. The molecule has 3 fully saturated rings. The number of carboxylic acid groups (broad SMARTS) is 1. The zero-order valence-corrected chi connectivity index (χ0v) is 22.7. The summed E-state index contributed by atoms with van der Waals surface area (Å²) in [6.45, 7) is 3.92. The highest BCUT2D eigenvalue weighted by molar-refractivity contribution is 7.22. The number of carbonyl (C=O) groups excluding carboxylic acids is 1. The second kappa shape index (κ2) is 9.19. The van der Waals surface area contributed by atoms with Gasteiger partial charge >= 0.3 is 11.9 Å². The van der Waals surface area contributed by atoms with Crippen LogP contribution in [0.15, 0.2) is 40.9 Å². The van der Waals surface area contributed by atoms with Crippen molar-refractivity contribution in [2.75, 3.05) is 4.90 Å². The van der Waals surface area contributed by atoms with E-state index in [0.29, 0.717) is 17.0 Å². The fourth-order valence-corrected chi connectivity index (χ4v) is 7.54. The third-order valence-electron chi connectivity index (χ3n) is 8.38. The molecule has 2 saturated heterocycles. The van der Waals surface area contributed by atoms with Gasteiger partial charge in [-0.2, -0.15) is 0 Å². The van der Waals surface area contributed by atoms with E-state index < -0.39 is 5.97 Å². The van der Waals surface area contributed by atoms with Crippen molar-refractivity contribution in [2.24, 2.45) is 0 Å². The predicted octanol–water partition coefficient (Wildman–Crippen LogP) is 6.50. The standard InChI is InChI=1S/C30H29N3O5S/c1-15-5-3-4-6-22(15)26-24(27(38-32-26)17-7-8-17)29(36)37-21-13-19-9-10-20(14-21)33(19)30-31-25-16(2)11-18(28(34)35)12-23(25)39-30/h3-6,11-12,17,19-21H,7-10,13-14H2,1-2H3,(H,34,35)/t19-,20+,21+. The Kier molecular flexibility index (Phi) is 5.73. The van der Waals surface area contributed by atoms with Crippen LogP contribution in [0.5, 0.6) is 0 Å². The summed E-state index contributed by atoms with van der Waals surface area (Å²) in [7, 11) is 0. The first-order valence-corrected chi connectivity index (χ1v) is 14.4. The topological polar surface area (TPSA) is 106 Å². The van der Waals surface area contributed by atoms with E-state index in [1.54, 1.807) is 23.5 Å². The van der Waals surface area contributed by atoms with Crippen LogP contribution in [0.2, 0.25) is 0 Å². The van der Waals surface area contributed by atoms with E-state index in [0.717, 1.165) is 70.6 Å². The molecule has 1 saturated carbocycles. The summed E-state index contributed by atoms with van der Waals surface area (Å²) in [6.07, 6.45) is 5.32. The number of carboxylic acids is 1. The first-order chi connectivity index (χ1) is 18.9. The van der Waals surface area contributed by atoms with Crippen LogP contribution < -0.4 is 4.90 Å². The molecule has 0 amide bonds. The van der Waals surface area contributed by atoms with E-state index in [1.807, 2.05) is 38.1 Å². The molecule has 3 atom stereocenters. The molecule has 4 aromatic rings. The van der Waals surface area contributed by atoms with E-state index in [1.165, 1.54) is 0 Å². The van der Waals surface area contributed by atoms with Crippen LogP contribution in [-0.4, -0.2) is 45.4 Å². The average molecular weight is 544 g/mol. The second-order valence-electron chi connectivity index (χ2n) is 11.1. The molecular weight excluding hydrogens is 514 g/mol. The first-order valence-electron chi connectivity index (χ1n) is 13.6. The molecule has 2 aromatic carbocycles. The molecule has 2 aromatic heterocycles. The molecule has 9 heteroatoms. The van der Waals surface area contributed by atoms with Gasteiger partial charge in [0, 0.05) is 36.4 Å². The maximum Gasteiger partial charge on any atom is 0.344 e. The zero-order valence-electron chi connectivity index (χ0n) is 21.8. The van der Waals surface area contributed by atoms with E-state index in [9.17, 15) is 14.7 Å². The molecule has 39 heavy (non-hydrogen) atoms. The number of rotatable bonds is 6. The SMILES string of the molecule is Cc1ccccc1-c1noc(C2CC2)c1C(=O)O[C@H]1C[C@H]2CC[C@@H](C1)N2c1nc2c(C)cc(C(=O)O)cc2s1. The van der Waals surface area contributed by atoms with E-state index in [2.05, 4.69) is 10.1 Å². The number of carbonyl (C=O) groups is 2. The van der Waals surface area contributed by atoms with Crippen LogP contribution in [0.25, 0.3) is 21.5 Å². The summed E-state index contributed by atoms with van der Waals surface area (Å²) < 4.78 is 12.8. The van der Waals surface area contributed by atoms with Crippen molar-refractivity contribution in [3.63, 3.8) is 0 Å². The number of aromatic carboxylic acids is 1. The van der Waals surface area contributed by atoms with Crippen LogP contribution in [0, 0.1) is 13.8 Å². The van der Waals surface area contributed by atoms with Gasteiger partial charge < -0.3 is 19.3 Å². The van der Waals surface area contributed by atoms with Crippen LogP contribution >= 0.6 is 11.3 Å². The van der Waals surface area contributed by atoms with Crippen molar-refractivity contribution >= 4 is 38.6 Å². The van der Waals surface area contributed by atoms with Gasteiger partial charge in [-0.3, -0.25) is 0 Å². The molecule has 4 heterocycles. The van der Waals surface area contributed by atoms with Gasteiger partial charge in [-0.25, -0.2) is 14.6 Å². The number of piperidine rings is 1. The van der Waals surface area contributed by atoms with Crippen molar-refractivity contribution < 1.29 is 24.0 Å². The Hall–Kier alpha value is -3.72. The van der Waals surface area contributed by atoms with E-state index in [4.69, 9.17) is 14.2 Å². The first kappa shape index (κ1) is 24.3. The van der Waals surface area contributed by atoms with Crippen LogP contribution in [-0.2, 0) is 4.74 Å². The number of ether oxygens (including phenoxy) is 1. The minimum absolute atomic E-state index is 0.187. The Labute approximate surface area is 229 Å². The van der Waals surface area contributed by atoms with Gasteiger partial charge in [0.1, 0.15) is 17.4 Å². The lowest BCUT2D eigenvalue weighted by Crippen LogP contribution is -2.46. The maximum absolute atomic E-state index is 13.7. The number of anilines is 1. The second-order valence-corrected chi connectivity index (χ2v) is 12.1. The van der Waals surface area contributed by atoms with Gasteiger partial charge in [0.2, 0.25) is 0 Å². The summed E-state index contributed by atoms with van der Waals surface area (Å²) in [5.74, 6) is -0.379. The molecule has 2 bridgehead atoms. The normalized spacial score (nSPS) is 22.4. The number of nitrogens with zero attached hydrogens (tertiary/aromatic N) is 3. The largest absolute Gasteiger partial charge is 0.478 e. The smallest absolute Gasteiger partial charge is 0.344 e. The van der Waals surface area contributed by atoms with Gasteiger partial charge in [-0.15, -0.1) is 0 Å². The van der Waals surface area contributed by atoms with Crippen molar-refractivity contribution in [3.05, 3.63) is 64.4 Å². The zero-order chi connectivity index (χ0) is 26.8.